The second-order valence-electron chi connectivity index (χ2n) is 5.82. The number of amides is 1. The molecule has 0 aromatic heterocycles. The Hall–Kier alpha value is -1.97. The Labute approximate surface area is 192 Å². The first kappa shape index (κ1) is 21.7. The van der Waals surface area contributed by atoms with Crippen LogP contribution in [0.2, 0.25) is 5.02 Å². The van der Waals surface area contributed by atoms with E-state index in [0.29, 0.717) is 39.8 Å². The van der Waals surface area contributed by atoms with Crippen molar-refractivity contribution in [1.29, 1.82) is 0 Å². The molecule has 0 unspecified atom stereocenters. The number of nitrogens with zero attached hydrogens (tertiary/aromatic N) is 1. The first-order chi connectivity index (χ1) is 14.0. The Morgan fingerprint density at radius 1 is 1.28 bits per heavy atom. The van der Waals surface area contributed by atoms with Gasteiger partial charge < -0.3 is 14.8 Å². The summed E-state index contributed by atoms with van der Waals surface area (Å²) in [7, 11) is 0. The van der Waals surface area contributed by atoms with Crippen molar-refractivity contribution in [2.45, 2.75) is 6.92 Å². The van der Waals surface area contributed by atoms with E-state index in [2.05, 4.69) is 39.5 Å². The number of ether oxygens (including phenoxy) is 2. The summed E-state index contributed by atoms with van der Waals surface area (Å²) in [5.41, 5.74) is 1.56. The summed E-state index contributed by atoms with van der Waals surface area (Å²) in [6.45, 7) is 6.48. The minimum Gasteiger partial charge on any atom is -0.490 e. The van der Waals surface area contributed by atoms with Crippen LogP contribution in [-0.2, 0) is 4.79 Å². The molecule has 1 aliphatic heterocycles. The van der Waals surface area contributed by atoms with Gasteiger partial charge in [0.2, 0.25) is 0 Å². The fourth-order valence-corrected chi connectivity index (χ4v) is 4.23. The third-order valence-electron chi connectivity index (χ3n) is 3.68. The van der Waals surface area contributed by atoms with E-state index in [1.165, 1.54) is 11.8 Å². The maximum absolute atomic E-state index is 12.4. The molecule has 0 atom stereocenters. The lowest BCUT2D eigenvalue weighted by Crippen LogP contribution is -2.19. The predicted molar refractivity (Wildman–Crippen MR) is 128 cm³/mol. The highest BCUT2D eigenvalue weighted by molar-refractivity contribution is 14.1. The molecule has 2 aromatic rings. The molecule has 0 aliphatic carbocycles. The zero-order valence-electron chi connectivity index (χ0n) is 15.6. The molecule has 8 heteroatoms. The lowest BCUT2D eigenvalue weighted by atomic mass is 10.2. The zero-order chi connectivity index (χ0) is 20.8. The normalized spacial score (nSPS) is 16.2. The van der Waals surface area contributed by atoms with E-state index in [4.69, 9.17) is 21.1 Å². The van der Waals surface area contributed by atoms with E-state index in [9.17, 15) is 4.79 Å². The van der Waals surface area contributed by atoms with Crippen molar-refractivity contribution in [2.75, 3.05) is 13.2 Å². The van der Waals surface area contributed by atoms with Crippen molar-refractivity contribution in [3.63, 3.8) is 0 Å². The van der Waals surface area contributed by atoms with Crippen molar-refractivity contribution in [3.8, 4) is 11.5 Å². The SMILES string of the molecule is C=CCOc1c(I)cc(/C=C2\SC(=Nc3ccc(Cl)cc3)NC2=O)cc1OCC. The molecule has 0 spiro atoms. The summed E-state index contributed by atoms with van der Waals surface area (Å²) in [6, 6.07) is 10.9. The Bertz CT molecular complexity index is 990. The molecule has 1 amide bonds. The number of hydrogen-bond donors (Lipinski definition) is 1. The lowest BCUT2D eigenvalue weighted by molar-refractivity contribution is -0.115. The van der Waals surface area contributed by atoms with Crippen molar-refractivity contribution in [3.05, 3.63) is 68.1 Å². The molecule has 1 aliphatic rings. The van der Waals surface area contributed by atoms with Crippen LogP contribution in [0.3, 0.4) is 0 Å². The minimum absolute atomic E-state index is 0.192. The van der Waals surface area contributed by atoms with E-state index in [1.807, 2.05) is 25.1 Å². The maximum Gasteiger partial charge on any atom is 0.264 e. The number of nitrogens with one attached hydrogen (secondary N) is 1. The molecule has 5 nitrogen and oxygen atoms in total. The van der Waals surface area contributed by atoms with Gasteiger partial charge in [0, 0.05) is 5.02 Å². The van der Waals surface area contributed by atoms with Crippen LogP contribution >= 0.6 is 46.0 Å². The van der Waals surface area contributed by atoms with Crippen LogP contribution in [0.5, 0.6) is 11.5 Å². The average molecular weight is 541 g/mol. The van der Waals surface area contributed by atoms with Crippen LogP contribution in [0, 0.1) is 3.57 Å². The molecule has 29 heavy (non-hydrogen) atoms. The van der Waals surface area contributed by atoms with Crippen LogP contribution in [0.25, 0.3) is 6.08 Å². The Balaban J connectivity index is 1.86. The van der Waals surface area contributed by atoms with Crippen LogP contribution in [0.4, 0.5) is 5.69 Å². The second-order valence-corrected chi connectivity index (χ2v) is 8.45. The Morgan fingerprint density at radius 3 is 2.72 bits per heavy atom. The van der Waals surface area contributed by atoms with Gasteiger partial charge in [0.25, 0.3) is 5.91 Å². The lowest BCUT2D eigenvalue weighted by Gasteiger charge is -2.13. The maximum atomic E-state index is 12.4. The van der Waals surface area contributed by atoms with E-state index in [-0.39, 0.29) is 5.91 Å². The average Bonchev–Trinajstić information content (AvgIpc) is 3.02. The van der Waals surface area contributed by atoms with Crippen LogP contribution in [0.1, 0.15) is 12.5 Å². The fraction of sp³-hybridized carbons (Fsp3) is 0.143. The molecule has 1 saturated heterocycles. The molecule has 1 heterocycles. The third kappa shape index (κ3) is 5.77. The number of aliphatic imine (C=N–C) groups is 1. The molecular formula is C21H18ClIN2O3S. The van der Waals surface area contributed by atoms with E-state index in [1.54, 1.807) is 30.3 Å². The molecule has 0 saturated carbocycles. The van der Waals surface area contributed by atoms with Crippen molar-refractivity contribution >= 4 is 68.8 Å². The second kappa shape index (κ2) is 10.2. The minimum atomic E-state index is -0.192. The highest BCUT2D eigenvalue weighted by Gasteiger charge is 2.24. The highest BCUT2D eigenvalue weighted by Crippen LogP contribution is 2.36. The van der Waals surface area contributed by atoms with Gasteiger partial charge >= 0.3 is 0 Å². The molecule has 0 bridgehead atoms. The molecule has 2 aromatic carbocycles. The van der Waals surface area contributed by atoms with Gasteiger partial charge in [0.05, 0.1) is 20.8 Å². The standard InChI is InChI=1S/C21H18ClIN2O3S/c1-3-9-28-19-16(23)10-13(11-17(19)27-4-2)12-18-20(26)25-21(29-18)24-15-7-5-14(22)6-8-15/h3,5-8,10-12H,1,4,9H2,2H3,(H,24,25,26)/b18-12-. The smallest absolute Gasteiger partial charge is 0.264 e. The van der Waals surface area contributed by atoms with Gasteiger partial charge in [-0.05, 0) is 89.3 Å². The molecule has 150 valence electrons. The van der Waals surface area contributed by atoms with Gasteiger partial charge in [-0.3, -0.25) is 4.79 Å². The zero-order valence-corrected chi connectivity index (χ0v) is 19.3. The number of carbonyl (C=O) groups is 1. The topological polar surface area (TPSA) is 59.9 Å². The van der Waals surface area contributed by atoms with E-state index in [0.717, 1.165) is 14.8 Å². The first-order valence-corrected chi connectivity index (χ1v) is 11.0. The number of thioether (sulfide) groups is 1. The number of rotatable bonds is 7. The van der Waals surface area contributed by atoms with Gasteiger partial charge in [-0.1, -0.05) is 24.3 Å². The summed E-state index contributed by atoms with van der Waals surface area (Å²) < 4.78 is 12.3. The quantitative estimate of drug-likeness (QED) is 0.274. The van der Waals surface area contributed by atoms with Crippen molar-refractivity contribution in [2.24, 2.45) is 4.99 Å². The summed E-state index contributed by atoms with van der Waals surface area (Å²) >= 11 is 9.37. The summed E-state index contributed by atoms with van der Waals surface area (Å²) in [5, 5.41) is 3.94. The van der Waals surface area contributed by atoms with E-state index >= 15 is 0 Å². The summed E-state index contributed by atoms with van der Waals surface area (Å²) in [5.74, 6) is 1.11. The summed E-state index contributed by atoms with van der Waals surface area (Å²) in [6.07, 6.45) is 3.50. The first-order valence-electron chi connectivity index (χ1n) is 8.75. The van der Waals surface area contributed by atoms with Gasteiger partial charge in [-0.15, -0.1) is 0 Å². The molecule has 1 fully saturated rings. The Morgan fingerprint density at radius 2 is 2.03 bits per heavy atom. The third-order valence-corrected chi connectivity index (χ3v) is 5.65. The molecule has 3 rings (SSSR count). The number of hydrogen-bond acceptors (Lipinski definition) is 5. The summed E-state index contributed by atoms with van der Waals surface area (Å²) in [4.78, 5) is 17.4. The van der Waals surface area contributed by atoms with Gasteiger partial charge in [0.1, 0.15) is 6.61 Å². The van der Waals surface area contributed by atoms with Gasteiger partial charge in [-0.2, -0.15) is 0 Å². The Kier molecular flexibility index (Phi) is 7.63. The number of benzene rings is 2. The van der Waals surface area contributed by atoms with Crippen molar-refractivity contribution in [1.82, 2.24) is 5.32 Å². The number of amidine groups is 1. The number of halogens is 2. The van der Waals surface area contributed by atoms with E-state index < -0.39 is 0 Å². The van der Waals surface area contributed by atoms with Crippen molar-refractivity contribution < 1.29 is 14.3 Å². The molecular weight excluding hydrogens is 523 g/mol. The van der Waals surface area contributed by atoms with Crippen LogP contribution in [-0.4, -0.2) is 24.3 Å². The predicted octanol–water partition coefficient (Wildman–Crippen LogP) is 5.80. The van der Waals surface area contributed by atoms with Gasteiger partial charge in [0.15, 0.2) is 16.7 Å². The molecule has 0 radical (unpaired) electrons. The van der Waals surface area contributed by atoms with Crippen LogP contribution < -0.4 is 14.8 Å². The fourth-order valence-electron chi connectivity index (χ4n) is 2.48. The monoisotopic (exact) mass is 540 g/mol. The highest BCUT2D eigenvalue weighted by atomic mass is 127. The number of carbonyl (C=O) groups excluding carboxylic acids is 1. The van der Waals surface area contributed by atoms with Gasteiger partial charge in [-0.25, -0.2) is 4.99 Å². The molecule has 1 N–H and O–H groups in total. The largest absolute Gasteiger partial charge is 0.490 e. The van der Waals surface area contributed by atoms with Crippen LogP contribution in [0.15, 0.2) is 59.0 Å².